The minimum atomic E-state index is -0.809. The molecule has 34 heavy (non-hydrogen) atoms. The van der Waals surface area contributed by atoms with Gasteiger partial charge in [0.2, 0.25) is 5.91 Å². The SMILES string of the molecule is CC(O)[C@H]1C(=O)N2C(C(=O)OCc3ccc([N+](=O)[O-])cc3)=C(SC3Cc4cncn4C3)[C@H](C)[C@H]12. The number of nitro benzene ring substituents is 1. The fourth-order valence-electron chi connectivity index (χ4n) is 5.06. The topological polar surface area (TPSA) is 128 Å². The number of amides is 1. The van der Waals surface area contributed by atoms with Crippen molar-refractivity contribution in [1.29, 1.82) is 0 Å². The van der Waals surface area contributed by atoms with Crippen LogP contribution in [0.1, 0.15) is 25.1 Å². The molecular weight excluding hydrogens is 460 g/mol. The number of hydrogen-bond donors (Lipinski definition) is 1. The summed E-state index contributed by atoms with van der Waals surface area (Å²) in [6.45, 7) is 4.27. The fraction of sp³-hybridized carbons (Fsp3) is 0.435. The van der Waals surface area contributed by atoms with E-state index in [1.165, 1.54) is 29.2 Å². The number of aliphatic hydroxyl groups excluding tert-OH is 1. The lowest BCUT2D eigenvalue weighted by Crippen LogP contribution is -2.63. The van der Waals surface area contributed by atoms with Crippen molar-refractivity contribution in [2.75, 3.05) is 0 Å². The fourth-order valence-corrected chi connectivity index (χ4v) is 6.55. The number of carbonyl (C=O) groups excluding carboxylic acids is 2. The molecule has 2 unspecified atom stereocenters. The Morgan fingerprint density at radius 3 is 2.76 bits per heavy atom. The number of rotatable bonds is 7. The molecule has 11 heteroatoms. The number of β-lactam (4-membered cyclic amide) rings is 1. The summed E-state index contributed by atoms with van der Waals surface area (Å²) in [5.74, 6) is -1.53. The Hall–Kier alpha value is -3.18. The maximum atomic E-state index is 13.2. The van der Waals surface area contributed by atoms with Crippen LogP contribution in [0.25, 0.3) is 0 Å². The van der Waals surface area contributed by atoms with Gasteiger partial charge in [-0.05, 0) is 24.6 Å². The second-order valence-corrected chi connectivity index (χ2v) is 10.3. The highest BCUT2D eigenvalue weighted by Gasteiger charge is 2.60. The normalized spacial score (nSPS) is 26.2. The number of carbonyl (C=O) groups is 2. The van der Waals surface area contributed by atoms with Crippen molar-refractivity contribution in [2.24, 2.45) is 11.8 Å². The van der Waals surface area contributed by atoms with Crippen molar-refractivity contribution in [3.05, 3.63) is 68.8 Å². The first-order valence-corrected chi connectivity index (χ1v) is 12.0. The predicted molar refractivity (Wildman–Crippen MR) is 122 cm³/mol. The van der Waals surface area contributed by atoms with Gasteiger partial charge in [0.15, 0.2) is 0 Å². The monoisotopic (exact) mass is 484 g/mol. The minimum absolute atomic E-state index is 0.0449. The molecule has 3 aliphatic heterocycles. The summed E-state index contributed by atoms with van der Waals surface area (Å²) in [4.78, 5) is 42.9. The average Bonchev–Trinajstić information content (AvgIpc) is 3.44. The zero-order valence-corrected chi connectivity index (χ0v) is 19.5. The van der Waals surface area contributed by atoms with Gasteiger partial charge in [-0.25, -0.2) is 9.78 Å². The number of thioether (sulfide) groups is 1. The van der Waals surface area contributed by atoms with Gasteiger partial charge in [0.25, 0.3) is 5.69 Å². The lowest BCUT2D eigenvalue weighted by Gasteiger charge is -2.46. The second kappa shape index (κ2) is 8.55. The third kappa shape index (κ3) is 3.68. The molecule has 1 amide bonds. The molecule has 2 aromatic rings. The first-order chi connectivity index (χ1) is 16.3. The summed E-state index contributed by atoms with van der Waals surface area (Å²) >= 11 is 1.59. The maximum absolute atomic E-state index is 13.2. The summed E-state index contributed by atoms with van der Waals surface area (Å²) in [6, 6.07) is 5.50. The highest BCUT2D eigenvalue weighted by atomic mass is 32.2. The van der Waals surface area contributed by atoms with Crippen LogP contribution in [-0.4, -0.2) is 53.8 Å². The standard InChI is InChI=1S/C23H24N4O6S/c1-12-19-18(13(2)28)22(29)26(19)20(21(12)34-17-7-16-8-24-11-25(16)9-17)23(30)33-10-14-3-5-15(6-4-14)27(31)32/h3-6,8,11-13,17-19,28H,7,9-10H2,1-2H3/t12-,13?,17?,18-,19-/m1/s1. The number of hydrogen-bond acceptors (Lipinski definition) is 8. The maximum Gasteiger partial charge on any atom is 0.356 e. The third-order valence-corrected chi connectivity index (χ3v) is 8.22. The van der Waals surface area contributed by atoms with Crippen molar-refractivity contribution in [1.82, 2.24) is 14.5 Å². The molecule has 1 N–H and O–H groups in total. The molecule has 5 atom stereocenters. The average molecular weight is 485 g/mol. The first kappa shape index (κ1) is 22.6. The van der Waals surface area contributed by atoms with Crippen LogP contribution in [0, 0.1) is 22.0 Å². The number of fused-ring (bicyclic) bond motifs is 2. The van der Waals surface area contributed by atoms with Crippen LogP contribution >= 0.6 is 11.8 Å². The van der Waals surface area contributed by atoms with Crippen LogP contribution in [0.3, 0.4) is 0 Å². The van der Waals surface area contributed by atoms with Gasteiger partial charge < -0.3 is 19.3 Å². The lowest BCUT2D eigenvalue weighted by atomic mass is 9.79. The van der Waals surface area contributed by atoms with Gasteiger partial charge >= 0.3 is 5.97 Å². The first-order valence-electron chi connectivity index (χ1n) is 11.1. The number of ether oxygens (including phenoxy) is 1. The van der Waals surface area contributed by atoms with Crippen molar-refractivity contribution < 1.29 is 24.4 Å². The Balaban J connectivity index is 1.37. The molecular formula is C23H24N4O6S. The van der Waals surface area contributed by atoms with E-state index < -0.39 is 22.9 Å². The summed E-state index contributed by atoms with van der Waals surface area (Å²) < 4.78 is 7.63. The van der Waals surface area contributed by atoms with E-state index in [0.717, 1.165) is 23.6 Å². The van der Waals surface area contributed by atoms with Gasteiger partial charge in [0.1, 0.15) is 12.3 Å². The minimum Gasteiger partial charge on any atom is -0.456 e. The quantitative estimate of drug-likeness (QED) is 0.274. The van der Waals surface area contributed by atoms with Crippen LogP contribution in [-0.2, 0) is 33.9 Å². The Bertz CT molecular complexity index is 1170. The van der Waals surface area contributed by atoms with E-state index in [1.807, 2.05) is 13.1 Å². The summed E-state index contributed by atoms with van der Waals surface area (Å²) in [7, 11) is 0. The van der Waals surface area contributed by atoms with Crippen LogP contribution in [0.4, 0.5) is 5.69 Å². The molecule has 1 saturated heterocycles. The Morgan fingerprint density at radius 1 is 1.38 bits per heavy atom. The van der Waals surface area contributed by atoms with E-state index >= 15 is 0 Å². The highest BCUT2D eigenvalue weighted by Crippen LogP contribution is 2.52. The molecule has 5 rings (SSSR count). The number of nitrogens with zero attached hydrogens (tertiary/aromatic N) is 4. The van der Waals surface area contributed by atoms with Crippen molar-refractivity contribution >= 4 is 29.3 Å². The number of aliphatic hydroxyl groups is 1. The Morgan fingerprint density at radius 2 is 2.12 bits per heavy atom. The molecule has 1 fully saturated rings. The molecule has 0 radical (unpaired) electrons. The molecule has 1 aromatic carbocycles. The smallest absolute Gasteiger partial charge is 0.356 e. The summed E-state index contributed by atoms with van der Waals surface area (Å²) in [5, 5.41) is 21.2. The van der Waals surface area contributed by atoms with Crippen LogP contribution < -0.4 is 0 Å². The van der Waals surface area contributed by atoms with Crippen LogP contribution in [0.5, 0.6) is 0 Å². The van der Waals surface area contributed by atoms with Crippen molar-refractivity contribution in [2.45, 2.75) is 50.8 Å². The van der Waals surface area contributed by atoms with Gasteiger partial charge in [-0.1, -0.05) is 6.92 Å². The molecule has 1 aromatic heterocycles. The van der Waals surface area contributed by atoms with Crippen molar-refractivity contribution in [3.8, 4) is 0 Å². The summed E-state index contributed by atoms with van der Waals surface area (Å²) in [6.07, 6.45) is 3.63. The predicted octanol–water partition coefficient (Wildman–Crippen LogP) is 2.26. The Labute approximate surface area is 199 Å². The highest BCUT2D eigenvalue weighted by molar-refractivity contribution is 8.03. The summed E-state index contributed by atoms with van der Waals surface area (Å²) in [5.41, 5.74) is 1.94. The lowest BCUT2D eigenvalue weighted by molar-refractivity contribution is -0.384. The largest absolute Gasteiger partial charge is 0.456 e. The van der Waals surface area contributed by atoms with E-state index in [4.69, 9.17) is 4.74 Å². The van der Waals surface area contributed by atoms with Crippen LogP contribution in [0.2, 0.25) is 0 Å². The van der Waals surface area contributed by atoms with E-state index in [-0.39, 0.29) is 41.1 Å². The van der Waals surface area contributed by atoms with Gasteiger partial charge in [-0.3, -0.25) is 14.9 Å². The molecule has 10 nitrogen and oxygen atoms in total. The van der Waals surface area contributed by atoms with Crippen LogP contribution in [0.15, 0.2) is 47.4 Å². The molecule has 4 heterocycles. The zero-order valence-electron chi connectivity index (χ0n) is 18.7. The van der Waals surface area contributed by atoms with Crippen molar-refractivity contribution in [3.63, 3.8) is 0 Å². The number of non-ortho nitro benzene ring substituents is 1. The molecule has 3 aliphatic rings. The van der Waals surface area contributed by atoms with Gasteiger partial charge in [-0.15, -0.1) is 11.8 Å². The molecule has 0 bridgehead atoms. The number of nitro groups is 1. The third-order valence-electron chi connectivity index (χ3n) is 6.75. The Kier molecular flexibility index (Phi) is 5.68. The number of benzene rings is 1. The van der Waals surface area contributed by atoms with Gasteiger partial charge in [0.05, 0.1) is 29.3 Å². The number of aromatic nitrogens is 2. The van der Waals surface area contributed by atoms with E-state index in [2.05, 4.69) is 9.55 Å². The number of esters is 1. The second-order valence-electron chi connectivity index (χ2n) is 8.95. The molecule has 0 spiro atoms. The van der Waals surface area contributed by atoms with E-state index in [0.29, 0.717) is 5.56 Å². The number of imidazole rings is 1. The zero-order chi connectivity index (χ0) is 24.1. The van der Waals surface area contributed by atoms with E-state index in [9.17, 15) is 24.8 Å². The molecule has 0 saturated carbocycles. The van der Waals surface area contributed by atoms with Gasteiger partial charge in [0, 0.05) is 53.1 Å². The molecule has 0 aliphatic carbocycles. The molecule has 178 valence electrons. The van der Waals surface area contributed by atoms with Gasteiger partial charge in [-0.2, -0.15) is 0 Å². The van der Waals surface area contributed by atoms with E-state index in [1.54, 1.807) is 25.0 Å².